The fourth-order valence-corrected chi connectivity index (χ4v) is 2.40. The first-order chi connectivity index (χ1) is 8.64. The lowest BCUT2D eigenvalue weighted by Crippen LogP contribution is -2.31. The van der Waals surface area contributed by atoms with Crippen LogP contribution in [0.2, 0.25) is 0 Å². The van der Waals surface area contributed by atoms with Gasteiger partial charge in [0.25, 0.3) is 0 Å². The zero-order valence-corrected chi connectivity index (χ0v) is 10.7. The molecule has 18 heavy (non-hydrogen) atoms. The van der Waals surface area contributed by atoms with Crippen LogP contribution in [-0.4, -0.2) is 30.9 Å². The number of hydrogen-bond acceptors (Lipinski definition) is 4. The zero-order chi connectivity index (χ0) is 12.6. The number of ether oxygens (including phenoxy) is 4. The molecule has 0 aromatic heterocycles. The minimum absolute atomic E-state index is 0.0132. The third-order valence-electron chi connectivity index (χ3n) is 3.17. The van der Waals surface area contributed by atoms with Gasteiger partial charge in [-0.1, -0.05) is 30.3 Å². The molecule has 4 heteroatoms. The van der Waals surface area contributed by atoms with Crippen LogP contribution in [0, 0.1) is 0 Å². The Hall–Kier alpha value is -0.940. The summed E-state index contributed by atoms with van der Waals surface area (Å²) < 4.78 is 22.9. The summed E-state index contributed by atoms with van der Waals surface area (Å²) in [5.41, 5.74) is 1.13. The molecule has 98 valence electrons. The molecule has 3 rings (SSSR count). The first-order valence-corrected chi connectivity index (χ1v) is 6.27. The molecule has 3 atom stereocenters. The molecule has 0 radical (unpaired) electrons. The van der Waals surface area contributed by atoms with E-state index in [1.54, 1.807) is 0 Å². The number of fused-ring (bicyclic) bond motifs is 1. The van der Waals surface area contributed by atoms with Crippen molar-refractivity contribution < 1.29 is 18.9 Å². The zero-order valence-electron chi connectivity index (χ0n) is 10.7. The van der Waals surface area contributed by atoms with Gasteiger partial charge in [0, 0.05) is 0 Å². The van der Waals surface area contributed by atoms with Gasteiger partial charge >= 0.3 is 0 Å². The van der Waals surface area contributed by atoms with Gasteiger partial charge in [0.2, 0.25) is 0 Å². The number of rotatable bonds is 3. The van der Waals surface area contributed by atoms with Crippen LogP contribution in [0.25, 0.3) is 0 Å². The van der Waals surface area contributed by atoms with Crippen molar-refractivity contribution in [3.63, 3.8) is 0 Å². The largest absolute Gasteiger partial charge is 0.347 e. The molecule has 0 amide bonds. The van der Waals surface area contributed by atoms with Gasteiger partial charge in [0.1, 0.15) is 12.2 Å². The van der Waals surface area contributed by atoms with E-state index in [0.29, 0.717) is 13.2 Å². The van der Waals surface area contributed by atoms with Crippen LogP contribution in [0.1, 0.15) is 19.4 Å². The van der Waals surface area contributed by atoms with Crippen molar-refractivity contribution in [2.24, 2.45) is 0 Å². The molecular formula is C14H18O4. The van der Waals surface area contributed by atoms with E-state index in [4.69, 9.17) is 18.9 Å². The molecule has 2 saturated heterocycles. The fraction of sp³-hybridized carbons (Fsp3) is 0.571. The molecule has 1 aromatic carbocycles. The standard InChI is InChI=1S/C14H18O4/c1-14(2)17-11-9-16-13(12(11)18-14)15-8-10-6-4-3-5-7-10/h3-7,11-13H,8-9H2,1-2H3/t11-,12-,13-/m1/s1. The van der Waals surface area contributed by atoms with Gasteiger partial charge in [0.05, 0.1) is 13.2 Å². The summed E-state index contributed by atoms with van der Waals surface area (Å²) in [5, 5.41) is 0. The van der Waals surface area contributed by atoms with Crippen LogP contribution in [-0.2, 0) is 25.6 Å². The minimum atomic E-state index is -0.534. The van der Waals surface area contributed by atoms with Crippen LogP contribution in [0.5, 0.6) is 0 Å². The average molecular weight is 250 g/mol. The molecule has 2 heterocycles. The van der Waals surface area contributed by atoms with Crippen LogP contribution in [0.4, 0.5) is 0 Å². The maximum atomic E-state index is 5.80. The molecule has 0 bridgehead atoms. The van der Waals surface area contributed by atoms with Crippen molar-refractivity contribution in [3.8, 4) is 0 Å². The minimum Gasteiger partial charge on any atom is -0.347 e. The Kier molecular flexibility index (Phi) is 3.11. The summed E-state index contributed by atoms with van der Waals surface area (Å²) >= 11 is 0. The summed E-state index contributed by atoms with van der Waals surface area (Å²) in [6, 6.07) is 10.0. The quantitative estimate of drug-likeness (QED) is 0.823. The van der Waals surface area contributed by atoms with E-state index >= 15 is 0 Å². The van der Waals surface area contributed by atoms with Crippen molar-refractivity contribution in [2.75, 3.05) is 6.61 Å². The van der Waals surface area contributed by atoms with Crippen LogP contribution < -0.4 is 0 Å². The fourth-order valence-electron chi connectivity index (χ4n) is 2.40. The molecule has 0 unspecified atom stereocenters. The van der Waals surface area contributed by atoms with Gasteiger partial charge in [-0.05, 0) is 19.4 Å². The van der Waals surface area contributed by atoms with Crippen molar-refractivity contribution in [3.05, 3.63) is 35.9 Å². The molecule has 0 spiro atoms. The molecule has 0 aliphatic carbocycles. The molecule has 2 aliphatic heterocycles. The molecule has 0 saturated carbocycles. The highest BCUT2D eigenvalue weighted by Gasteiger charge is 2.50. The second kappa shape index (κ2) is 4.63. The van der Waals surface area contributed by atoms with Crippen LogP contribution in [0.15, 0.2) is 30.3 Å². The van der Waals surface area contributed by atoms with Gasteiger partial charge in [-0.15, -0.1) is 0 Å². The molecular weight excluding hydrogens is 232 g/mol. The predicted molar refractivity (Wildman–Crippen MR) is 64.8 cm³/mol. The third kappa shape index (κ3) is 2.42. The Bertz CT molecular complexity index is 404. The summed E-state index contributed by atoms with van der Waals surface area (Å²) in [7, 11) is 0. The molecule has 1 aromatic rings. The molecule has 2 fully saturated rings. The van der Waals surface area contributed by atoms with Crippen molar-refractivity contribution in [1.82, 2.24) is 0 Å². The second-order valence-electron chi connectivity index (χ2n) is 5.14. The Morgan fingerprint density at radius 2 is 2.00 bits per heavy atom. The molecule has 2 aliphatic rings. The van der Waals surface area contributed by atoms with E-state index in [1.165, 1.54) is 0 Å². The van der Waals surface area contributed by atoms with Crippen LogP contribution in [0.3, 0.4) is 0 Å². The van der Waals surface area contributed by atoms with E-state index < -0.39 is 5.79 Å². The van der Waals surface area contributed by atoms with Gasteiger partial charge in [0.15, 0.2) is 12.1 Å². The summed E-state index contributed by atoms with van der Waals surface area (Å²) in [6.45, 7) is 4.89. The highest BCUT2D eigenvalue weighted by molar-refractivity contribution is 5.13. The predicted octanol–water partition coefficient (Wildman–Crippen LogP) is 2.08. The summed E-state index contributed by atoms with van der Waals surface area (Å²) in [5.74, 6) is -0.534. The Labute approximate surface area is 107 Å². The monoisotopic (exact) mass is 250 g/mol. The Morgan fingerprint density at radius 1 is 1.22 bits per heavy atom. The maximum Gasteiger partial charge on any atom is 0.186 e. The Morgan fingerprint density at radius 3 is 2.78 bits per heavy atom. The SMILES string of the molecule is CC1(C)O[C@H]2[C@H](OCc3ccccc3)OC[C@H]2O1. The number of hydrogen-bond donors (Lipinski definition) is 0. The normalized spacial score (nSPS) is 33.6. The van der Waals surface area contributed by atoms with E-state index in [-0.39, 0.29) is 18.5 Å². The lowest BCUT2D eigenvalue weighted by atomic mass is 10.2. The van der Waals surface area contributed by atoms with Crippen LogP contribution >= 0.6 is 0 Å². The van der Waals surface area contributed by atoms with Gasteiger partial charge in [-0.2, -0.15) is 0 Å². The molecule has 0 N–H and O–H groups in total. The van der Waals surface area contributed by atoms with E-state index in [9.17, 15) is 0 Å². The highest BCUT2D eigenvalue weighted by Crippen LogP contribution is 2.35. The topological polar surface area (TPSA) is 36.9 Å². The van der Waals surface area contributed by atoms with Gasteiger partial charge < -0.3 is 18.9 Å². The maximum absolute atomic E-state index is 5.80. The smallest absolute Gasteiger partial charge is 0.186 e. The summed E-state index contributed by atoms with van der Waals surface area (Å²) in [4.78, 5) is 0. The van der Waals surface area contributed by atoms with E-state index in [2.05, 4.69) is 0 Å². The first-order valence-electron chi connectivity index (χ1n) is 6.27. The summed E-state index contributed by atoms with van der Waals surface area (Å²) in [6.07, 6.45) is -0.471. The third-order valence-corrected chi connectivity index (χ3v) is 3.17. The van der Waals surface area contributed by atoms with Crippen molar-refractivity contribution >= 4 is 0 Å². The average Bonchev–Trinajstić information content (AvgIpc) is 2.83. The highest BCUT2D eigenvalue weighted by atomic mass is 16.8. The first kappa shape index (κ1) is 12.1. The number of benzene rings is 1. The van der Waals surface area contributed by atoms with Gasteiger partial charge in [-0.25, -0.2) is 0 Å². The van der Waals surface area contributed by atoms with Crippen molar-refractivity contribution in [1.29, 1.82) is 0 Å². The van der Waals surface area contributed by atoms with Gasteiger partial charge in [-0.3, -0.25) is 0 Å². The lowest BCUT2D eigenvalue weighted by molar-refractivity contribution is -0.222. The van der Waals surface area contributed by atoms with E-state index in [1.807, 2.05) is 44.2 Å². The Balaban J connectivity index is 1.58. The van der Waals surface area contributed by atoms with E-state index in [0.717, 1.165) is 5.56 Å². The second-order valence-corrected chi connectivity index (χ2v) is 5.14. The van der Waals surface area contributed by atoms with Crippen molar-refractivity contribution in [2.45, 2.75) is 44.7 Å². The lowest BCUT2D eigenvalue weighted by Gasteiger charge is -2.21. The molecule has 4 nitrogen and oxygen atoms in total.